The number of nitrogens with two attached hydrogens (primary N) is 1. The zero-order chi connectivity index (χ0) is 15.5. The highest BCUT2D eigenvalue weighted by Gasteiger charge is 2.20. The van der Waals surface area contributed by atoms with Gasteiger partial charge in [0.1, 0.15) is 5.75 Å². The first-order valence-corrected chi connectivity index (χ1v) is 8.33. The van der Waals surface area contributed by atoms with E-state index in [4.69, 9.17) is 22.1 Å². The molecule has 0 saturated heterocycles. The van der Waals surface area contributed by atoms with Gasteiger partial charge in [-0.1, -0.05) is 29.8 Å². The van der Waals surface area contributed by atoms with Crippen molar-refractivity contribution >= 4 is 21.4 Å². The van der Waals surface area contributed by atoms with E-state index in [1.165, 1.54) is 12.1 Å². The van der Waals surface area contributed by atoms with Gasteiger partial charge in [-0.25, -0.2) is 8.42 Å². The van der Waals surface area contributed by atoms with Crippen molar-refractivity contribution in [3.63, 3.8) is 0 Å². The van der Waals surface area contributed by atoms with E-state index in [0.717, 1.165) is 0 Å². The zero-order valence-electron chi connectivity index (χ0n) is 11.5. The molecule has 2 aromatic rings. The van der Waals surface area contributed by atoms with Crippen LogP contribution in [0.25, 0.3) is 0 Å². The Morgan fingerprint density at radius 3 is 2.57 bits per heavy atom. The van der Waals surface area contributed by atoms with Crippen molar-refractivity contribution in [2.45, 2.75) is 10.9 Å². The molecule has 0 aliphatic carbocycles. The predicted molar refractivity (Wildman–Crippen MR) is 83.4 cm³/mol. The molecule has 0 aliphatic rings. The molecule has 6 heteroatoms. The van der Waals surface area contributed by atoms with Gasteiger partial charge in [0.25, 0.3) is 0 Å². The summed E-state index contributed by atoms with van der Waals surface area (Å²) >= 11 is 5.83. The number of hydrogen-bond donors (Lipinski definition) is 1. The summed E-state index contributed by atoms with van der Waals surface area (Å²) in [6, 6.07) is 12.6. The average Bonchev–Trinajstić information content (AvgIpc) is 2.47. The molecule has 2 aromatic carbocycles. The van der Waals surface area contributed by atoms with Gasteiger partial charge in [0.05, 0.1) is 17.8 Å². The second kappa shape index (κ2) is 6.47. The van der Waals surface area contributed by atoms with E-state index in [0.29, 0.717) is 16.3 Å². The first kappa shape index (κ1) is 15.8. The number of methoxy groups -OCH3 is 1. The van der Waals surface area contributed by atoms with Crippen LogP contribution in [0, 0.1) is 0 Å². The fourth-order valence-electron chi connectivity index (χ4n) is 1.96. The summed E-state index contributed by atoms with van der Waals surface area (Å²) in [5.41, 5.74) is 6.72. The van der Waals surface area contributed by atoms with Crippen LogP contribution in [0.1, 0.15) is 11.6 Å². The Morgan fingerprint density at radius 1 is 1.19 bits per heavy atom. The van der Waals surface area contributed by atoms with Crippen molar-refractivity contribution in [2.75, 3.05) is 12.9 Å². The van der Waals surface area contributed by atoms with Gasteiger partial charge in [0, 0.05) is 11.1 Å². The molecule has 1 atom stereocenters. The normalized spacial score (nSPS) is 12.9. The summed E-state index contributed by atoms with van der Waals surface area (Å²) in [5.74, 6) is 0.448. The van der Waals surface area contributed by atoms with Crippen LogP contribution in [0.3, 0.4) is 0 Å². The standard InChI is InChI=1S/C15H16ClNO3S/c1-20-13-6-2-4-11(8-13)15(17)10-21(18,19)14-7-3-5-12(16)9-14/h2-9,15H,10,17H2,1H3. The molecule has 0 saturated carbocycles. The molecule has 1 unspecified atom stereocenters. The molecule has 0 amide bonds. The molecule has 4 nitrogen and oxygen atoms in total. The summed E-state index contributed by atoms with van der Waals surface area (Å²) in [6.45, 7) is 0. The molecule has 0 bridgehead atoms. The van der Waals surface area contributed by atoms with E-state index in [-0.39, 0.29) is 10.6 Å². The summed E-state index contributed by atoms with van der Waals surface area (Å²) in [4.78, 5) is 0.174. The minimum Gasteiger partial charge on any atom is -0.497 e. The summed E-state index contributed by atoms with van der Waals surface area (Å²) in [7, 11) is -1.95. The van der Waals surface area contributed by atoms with Crippen molar-refractivity contribution in [1.29, 1.82) is 0 Å². The van der Waals surface area contributed by atoms with Crippen molar-refractivity contribution in [1.82, 2.24) is 0 Å². The van der Waals surface area contributed by atoms with Crippen LogP contribution in [-0.4, -0.2) is 21.3 Å². The van der Waals surface area contributed by atoms with Crippen LogP contribution in [0.2, 0.25) is 5.02 Å². The maximum Gasteiger partial charge on any atom is 0.180 e. The van der Waals surface area contributed by atoms with E-state index in [1.54, 1.807) is 43.5 Å². The molecule has 0 fully saturated rings. The highest BCUT2D eigenvalue weighted by atomic mass is 35.5. The first-order chi connectivity index (χ1) is 9.92. The molecular weight excluding hydrogens is 310 g/mol. The van der Waals surface area contributed by atoms with Gasteiger partial charge in [-0.3, -0.25) is 0 Å². The number of hydrogen-bond acceptors (Lipinski definition) is 4. The topological polar surface area (TPSA) is 69.4 Å². The number of rotatable bonds is 5. The second-order valence-corrected chi connectivity index (χ2v) is 7.09. The Bertz CT molecular complexity index is 731. The lowest BCUT2D eigenvalue weighted by Gasteiger charge is -2.14. The van der Waals surface area contributed by atoms with Crippen molar-refractivity contribution in [3.05, 3.63) is 59.1 Å². The van der Waals surface area contributed by atoms with Crippen LogP contribution in [0.5, 0.6) is 5.75 Å². The Morgan fingerprint density at radius 2 is 1.90 bits per heavy atom. The lowest BCUT2D eigenvalue weighted by atomic mass is 10.1. The molecule has 0 spiro atoms. The van der Waals surface area contributed by atoms with Gasteiger partial charge >= 0.3 is 0 Å². The van der Waals surface area contributed by atoms with E-state index < -0.39 is 15.9 Å². The number of sulfone groups is 1. The fraction of sp³-hybridized carbons (Fsp3) is 0.200. The molecular formula is C15H16ClNO3S. The molecule has 0 aromatic heterocycles. The molecule has 0 radical (unpaired) electrons. The number of halogens is 1. The SMILES string of the molecule is COc1cccc(C(N)CS(=O)(=O)c2cccc(Cl)c2)c1. The molecule has 2 N–H and O–H groups in total. The van der Waals surface area contributed by atoms with Gasteiger partial charge < -0.3 is 10.5 Å². The summed E-state index contributed by atoms with van der Waals surface area (Å²) < 4.78 is 29.8. The van der Waals surface area contributed by atoms with Gasteiger partial charge in [-0.05, 0) is 35.9 Å². The highest BCUT2D eigenvalue weighted by Crippen LogP contribution is 2.23. The zero-order valence-corrected chi connectivity index (χ0v) is 13.1. The third-order valence-corrected chi connectivity index (χ3v) is 5.08. The second-order valence-electron chi connectivity index (χ2n) is 4.62. The minimum atomic E-state index is -3.50. The van der Waals surface area contributed by atoms with Crippen LogP contribution in [0.15, 0.2) is 53.4 Å². The lowest BCUT2D eigenvalue weighted by molar-refractivity contribution is 0.414. The van der Waals surface area contributed by atoms with Gasteiger partial charge in [-0.2, -0.15) is 0 Å². The van der Waals surface area contributed by atoms with E-state index in [1.807, 2.05) is 0 Å². The van der Waals surface area contributed by atoms with Crippen LogP contribution in [-0.2, 0) is 9.84 Å². The Hall–Kier alpha value is -1.56. The molecule has 112 valence electrons. The largest absolute Gasteiger partial charge is 0.497 e. The smallest absolute Gasteiger partial charge is 0.180 e. The lowest BCUT2D eigenvalue weighted by Crippen LogP contribution is -2.22. The van der Waals surface area contributed by atoms with E-state index >= 15 is 0 Å². The number of benzene rings is 2. The quantitative estimate of drug-likeness (QED) is 0.917. The summed E-state index contributed by atoms with van der Waals surface area (Å²) in [5, 5.41) is 0.381. The van der Waals surface area contributed by atoms with E-state index in [9.17, 15) is 8.42 Å². The fourth-order valence-corrected chi connectivity index (χ4v) is 3.67. The third kappa shape index (κ3) is 3.97. The monoisotopic (exact) mass is 325 g/mol. The summed E-state index contributed by atoms with van der Waals surface area (Å²) in [6.07, 6.45) is 0. The maximum absolute atomic E-state index is 12.4. The number of ether oxygens (including phenoxy) is 1. The Kier molecular flexibility index (Phi) is 4.88. The predicted octanol–water partition coefficient (Wildman–Crippen LogP) is 2.82. The van der Waals surface area contributed by atoms with Gasteiger partial charge in [0.2, 0.25) is 0 Å². The maximum atomic E-state index is 12.4. The van der Waals surface area contributed by atoms with Gasteiger partial charge in [-0.15, -0.1) is 0 Å². The Labute approximate surface area is 129 Å². The Balaban J connectivity index is 2.23. The van der Waals surface area contributed by atoms with Crippen molar-refractivity contribution in [2.24, 2.45) is 5.73 Å². The molecule has 21 heavy (non-hydrogen) atoms. The van der Waals surface area contributed by atoms with Crippen molar-refractivity contribution in [3.8, 4) is 5.75 Å². The minimum absolute atomic E-state index is 0.174. The molecule has 0 aliphatic heterocycles. The van der Waals surface area contributed by atoms with Crippen LogP contribution < -0.4 is 10.5 Å². The first-order valence-electron chi connectivity index (χ1n) is 6.30. The van der Waals surface area contributed by atoms with Crippen LogP contribution in [0.4, 0.5) is 0 Å². The van der Waals surface area contributed by atoms with Crippen LogP contribution >= 0.6 is 11.6 Å². The third-order valence-electron chi connectivity index (χ3n) is 3.08. The highest BCUT2D eigenvalue weighted by molar-refractivity contribution is 7.91. The van der Waals surface area contributed by atoms with Crippen molar-refractivity contribution < 1.29 is 13.2 Å². The van der Waals surface area contributed by atoms with Gasteiger partial charge in [0.15, 0.2) is 9.84 Å². The molecule has 2 rings (SSSR count). The molecule has 0 heterocycles. The average molecular weight is 326 g/mol. The van der Waals surface area contributed by atoms with E-state index in [2.05, 4.69) is 0 Å².